The van der Waals surface area contributed by atoms with Crippen LogP contribution in [0.4, 0.5) is 4.79 Å². The number of carbonyl (C=O) groups is 1. The van der Waals surface area contributed by atoms with Crippen molar-refractivity contribution >= 4 is 22.0 Å². The lowest BCUT2D eigenvalue weighted by Crippen LogP contribution is -2.53. The second-order valence-corrected chi connectivity index (χ2v) is 7.98. The van der Waals surface area contributed by atoms with Crippen LogP contribution in [0.5, 0.6) is 0 Å². The minimum absolute atomic E-state index is 0.283. The lowest BCUT2D eigenvalue weighted by Gasteiger charge is -2.45. The zero-order chi connectivity index (χ0) is 17.5. The van der Waals surface area contributed by atoms with Crippen molar-refractivity contribution in [2.24, 2.45) is 5.41 Å². The van der Waals surface area contributed by atoms with E-state index in [9.17, 15) is 9.90 Å². The number of halogens is 1. The summed E-state index contributed by atoms with van der Waals surface area (Å²) in [6, 6.07) is 3.82. The highest BCUT2D eigenvalue weighted by atomic mass is 79.9. The number of H-pyrrole nitrogens is 1. The van der Waals surface area contributed by atoms with Crippen LogP contribution in [0.3, 0.4) is 0 Å². The molecule has 2 N–H and O–H groups in total. The van der Waals surface area contributed by atoms with Crippen LogP contribution in [-0.4, -0.2) is 37.6 Å². The largest absolute Gasteiger partial charge is 0.465 e. The Hall–Kier alpha value is -1.89. The number of nitrogens with zero attached hydrogens (tertiary/aromatic N) is 3. The predicted molar refractivity (Wildman–Crippen MR) is 94.6 cm³/mol. The van der Waals surface area contributed by atoms with Crippen LogP contribution in [0.2, 0.25) is 0 Å². The molecule has 0 aromatic carbocycles. The van der Waals surface area contributed by atoms with Crippen molar-refractivity contribution in [3.05, 3.63) is 35.0 Å². The van der Waals surface area contributed by atoms with Crippen molar-refractivity contribution in [1.29, 1.82) is 0 Å². The lowest BCUT2D eigenvalue weighted by molar-refractivity contribution is 0.0217. The molecule has 2 aromatic heterocycles. The number of likely N-dealkylation sites (tertiary alicyclic amines) is 1. The van der Waals surface area contributed by atoms with E-state index in [0.29, 0.717) is 12.4 Å². The highest BCUT2D eigenvalue weighted by molar-refractivity contribution is 9.10. The summed E-state index contributed by atoms with van der Waals surface area (Å²) in [5, 5.41) is 9.70. The highest BCUT2D eigenvalue weighted by Crippen LogP contribution is 2.50. The Morgan fingerprint density at radius 1 is 1.33 bits per heavy atom. The number of carboxylic acid groups (broad SMARTS) is 1. The first kappa shape index (κ1) is 17.0. The van der Waals surface area contributed by atoms with Crippen LogP contribution < -0.4 is 0 Å². The second kappa shape index (κ2) is 5.88. The third-order valence-electron chi connectivity index (χ3n) is 4.86. The molecular formula is C17H21BrN4O2. The molecule has 1 aliphatic heterocycles. The smallest absolute Gasteiger partial charge is 0.408 e. The van der Waals surface area contributed by atoms with Crippen molar-refractivity contribution in [3.63, 3.8) is 0 Å². The number of nitrogens with one attached hydrogen (secondary N) is 1. The van der Waals surface area contributed by atoms with Gasteiger partial charge in [-0.3, -0.25) is 4.90 Å². The van der Waals surface area contributed by atoms with Gasteiger partial charge in [-0.2, -0.15) is 0 Å². The Bertz CT molecular complexity index is 751. The van der Waals surface area contributed by atoms with Crippen molar-refractivity contribution < 1.29 is 9.90 Å². The van der Waals surface area contributed by atoms with Gasteiger partial charge in [0.05, 0.1) is 11.9 Å². The molecule has 0 unspecified atom stereocenters. The molecule has 1 saturated heterocycles. The number of imidazole rings is 1. The zero-order valence-electron chi connectivity index (χ0n) is 14.0. The van der Waals surface area contributed by atoms with E-state index in [1.54, 1.807) is 12.4 Å². The summed E-state index contributed by atoms with van der Waals surface area (Å²) in [6.07, 6.45) is 4.21. The van der Waals surface area contributed by atoms with Gasteiger partial charge in [0.25, 0.3) is 0 Å². The molecule has 1 atom stereocenters. The van der Waals surface area contributed by atoms with Crippen LogP contribution in [0, 0.1) is 5.41 Å². The zero-order valence-corrected chi connectivity index (χ0v) is 15.6. The Labute approximate surface area is 149 Å². The maximum atomic E-state index is 11.8. The van der Waals surface area contributed by atoms with Gasteiger partial charge in [0.2, 0.25) is 0 Å². The molecule has 0 spiro atoms. The molecule has 1 aliphatic rings. The molecule has 0 bridgehead atoms. The van der Waals surface area contributed by atoms with Crippen LogP contribution in [0.15, 0.2) is 29.1 Å². The monoisotopic (exact) mass is 392 g/mol. The van der Waals surface area contributed by atoms with Crippen LogP contribution in [-0.2, 0) is 5.54 Å². The van der Waals surface area contributed by atoms with E-state index in [2.05, 4.69) is 51.7 Å². The number of amides is 1. The average Bonchev–Trinajstić information content (AvgIpc) is 3.14. The molecule has 3 heterocycles. The summed E-state index contributed by atoms with van der Waals surface area (Å²) < 4.78 is 0.769. The quantitative estimate of drug-likeness (QED) is 0.748. The fourth-order valence-corrected chi connectivity index (χ4v) is 3.91. The first-order chi connectivity index (χ1) is 11.3. The molecule has 0 radical (unpaired) electrons. The van der Waals surface area contributed by atoms with Gasteiger partial charge in [0.1, 0.15) is 16.0 Å². The van der Waals surface area contributed by atoms with Gasteiger partial charge in [-0.25, -0.2) is 14.8 Å². The van der Waals surface area contributed by atoms with E-state index in [1.165, 1.54) is 4.90 Å². The third kappa shape index (κ3) is 2.60. The summed E-state index contributed by atoms with van der Waals surface area (Å²) >= 11 is 3.33. The molecule has 2 aromatic rings. The molecule has 1 fully saturated rings. The molecule has 24 heavy (non-hydrogen) atoms. The number of pyridine rings is 1. The Kier molecular flexibility index (Phi) is 4.15. The normalized spacial score (nSPS) is 21.2. The van der Waals surface area contributed by atoms with E-state index < -0.39 is 11.6 Å². The lowest BCUT2D eigenvalue weighted by atomic mass is 9.71. The van der Waals surface area contributed by atoms with Crippen molar-refractivity contribution in [2.75, 3.05) is 6.54 Å². The first-order valence-electron chi connectivity index (χ1n) is 7.94. The maximum Gasteiger partial charge on any atom is 0.408 e. The van der Waals surface area contributed by atoms with Crippen LogP contribution in [0.25, 0.3) is 11.3 Å². The minimum Gasteiger partial charge on any atom is -0.465 e. The Morgan fingerprint density at radius 2 is 2.08 bits per heavy atom. The number of rotatable bonds is 2. The minimum atomic E-state index is -0.898. The van der Waals surface area contributed by atoms with Gasteiger partial charge >= 0.3 is 6.09 Å². The maximum absolute atomic E-state index is 11.8. The van der Waals surface area contributed by atoms with Crippen LogP contribution >= 0.6 is 15.9 Å². The summed E-state index contributed by atoms with van der Waals surface area (Å²) in [4.78, 5) is 25.5. The van der Waals surface area contributed by atoms with E-state index in [-0.39, 0.29) is 5.41 Å². The molecule has 3 rings (SSSR count). The number of hydrogen-bond donors (Lipinski definition) is 2. The van der Waals surface area contributed by atoms with E-state index >= 15 is 0 Å². The Morgan fingerprint density at radius 3 is 2.67 bits per heavy atom. The van der Waals surface area contributed by atoms with Crippen molar-refractivity contribution in [3.8, 4) is 11.3 Å². The summed E-state index contributed by atoms with van der Waals surface area (Å²) in [7, 11) is 0. The SMILES string of the molecule is CC(C)(C)[C@]1(c2ncc(-c3ccc(Br)nc3)[nH]2)CCCN1C(=O)O. The van der Waals surface area contributed by atoms with E-state index in [1.807, 2.05) is 12.1 Å². The van der Waals surface area contributed by atoms with Gasteiger partial charge in [-0.05, 0) is 46.3 Å². The topological polar surface area (TPSA) is 82.1 Å². The van der Waals surface area contributed by atoms with Gasteiger partial charge in [0.15, 0.2) is 0 Å². The van der Waals surface area contributed by atoms with Crippen LogP contribution in [0.1, 0.15) is 39.4 Å². The second-order valence-electron chi connectivity index (χ2n) is 7.16. The van der Waals surface area contributed by atoms with Crippen molar-refractivity contribution in [2.45, 2.75) is 39.2 Å². The molecule has 7 heteroatoms. The molecule has 0 saturated carbocycles. The standard InChI is InChI=1S/C17H21BrN4O2/c1-16(2,3)17(7-4-8-22(17)15(23)24)14-20-10-12(21-14)11-5-6-13(18)19-9-11/h5-6,9-10H,4,7-8H2,1-3H3,(H,20,21)(H,23,24)/t17-/m1/s1. The number of aromatic nitrogens is 3. The number of aromatic amines is 1. The molecule has 6 nitrogen and oxygen atoms in total. The molecular weight excluding hydrogens is 372 g/mol. The fourth-order valence-electron chi connectivity index (χ4n) is 3.67. The predicted octanol–water partition coefficient (Wildman–Crippen LogP) is 4.25. The third-order valence-corrected chi connectivity index (χ3v) is 5.33. The van der Waals surface area contributed by atoms with Gasteiger partial charge in [-0.15, -0.1) is 0 Å². The fraction of sp³-hybridized carbons (Fsp3) is 0.471. The summed E-state index contributed by atoms with van der Waals surface area (Å²) in [5.74, 6) is 0.702. The molecule has 1 amide bonds. The van der Waals surface area contributed by atoms with Gasteiger partial charge in [0, 0.05) is 18.3 Å². The van der Waals surface area contributed by atoms with Gasteiger partial charge < -0.3 is 10.1 Å². The molecule has 0 aliphatic carbocycles. The van der Waals surface area contributed by atoms with Crippen molar-refractivity contribution in [1.82, 2.24) is 19.9 Å². The molecule has 128 valence electrons. The highest BCUT2D eigenvalue weighted by Gasteiger charge is 2.55. The van der Waals surface area contributed by atoms with E-state index in [0.717, 1.165) is 28.7 Å². The van der Waals surface area contributed by atoms with E-state index in [4.69, 9.17) is 0 Å². The van der Waals surface area contributed by atoms with Gasteiger partial charge in [-0.1, -0.05) is 20.8 Å². The summed E-state index contributed by atoms with van der Waals surface area (Å²) in [5.41, 5.74) is 0.821. The Balaban J connectivity index is 2.07. The number of hydrogen-bond acceptors (Lipinski definition) is 3. The average molecular weight is 393 g/mol. The first-order valence-corrected chi connectivity index (χ1v) is 8.73. The summed E-state index contributed by atoms with van der Waals surface area (Å²) in [6.45, 7) is 6.73.